The van der Waals surface area contributed by atoms with Crippen molar-refractivity contribution in [1.82, 2.24) is 4.90 Å². The fourth-order valence-corrected chi connectivity index (χ4v) is 1.27. The maximum absolute atomic E-state index is 10.5. The van der Waals surface area contributed by atoms with Crippen LogP contribution in [-0.2, 0) is 4.79 Å². The highest BCUT2D eigenvalue weighted by Gasteiger charge is 2.36. The van der Waals surface area contributed by atoms with Crippen LogP contribution < -0.4 is 0 Å². The Morgan fingerprint density at radius 1 is 0.944 bits per heavy atom. The average Bonchev–Trinajstić information content (AvgIpc) is 2.40. The number of carbonyl (C=O) groups is 1. The molecule has 0 heterocycles. The molecule has 1 unspecified atom stereocenters. The molecule has 0 aliphatic heterocycles. The van der Waals surface area contributed by atoms with E-state index in [4.69, 9.17) is 15.3 Å². The summed E-state index contributed by atoms with van der Waals surface area (Å²) in [7, 11) is 0. The van der Waals surface area contributed by atoms with Crippen molar-refractivity contribution in [3.8, 4) is 0 Å². The van der Waals surface area contributed by atoms with Gasteiger partial charge in [-0.15, -0.1) is 0 Å². The SMILES string of the molecule is O=CN(CCO)C(O)[C@H](O)[C@@H](O)[C@H](O)[C@H](O)CO. The largest absolute Gasteiger partial charge is 0.395 e. The van der Waals surface area contributed by atoms with Crippen molar-refractivity contribution in [2.24, 2.45) is 0 Å². The van der Waals surface area contributed by atoms with Crippen LogP contribution in [0, 0.1) is 0 Å². The molecule has 18 heavy (non-hydrogen) atoms. The van der Waals surface area contributed by atoms with Gasteiger partial charge in [-0.25, -0.2) is 0 Å². The smallest absolute Gasteiger partial charge is 0.211 e. The van der Waals surface area contributed by atoms with Gasteiger partial charge in [0.25, 0.3) is 0 Å². The molecule has 0 aromatic heterocycles. The number of nitrogens with zero attached hydrogens (tertiary/aromatic N) is 1. The van der Waals surface area contributed by atoms with E-state index in [1.165, 1.54) is 0 Å². The van der Waals surface area contributed by atoms with Gasteiger partial charge in [-0.2, -0.15) is 0 Å². The molecule has 9 heteroatoms. The molecule has 108 valence electrons. The van der Waals surface area contributed by atoms with Gasteiger partial charge < -0.3 is 40.6 Å². The van der Waals surface area contributed by atoms with E-state index in [9.17, 15) is 25.2 Å². The fraction of sp³-hybridized carbons (Fsp3) is 0.889. The third-order valence-corrected chi connectivity index (χ3v) is 2.42. The lowest BCUT2D eigenvalue weighted by Gasteiger charge is -2.32. The van der Waals surface area contributed by atoms with E-state index in [2.05, 4.69) is 0 Å². The summed E-state index contributed by atoms with van der Waals surface area (Å²) in [6.45, 7) is -1.61. The minimum absolute atomic E-state index is 0.145. The maximum atomic E-state index is 10.5. The summed E-state index contributed by atoms with van der Waals surface area (Å²) in [6.07, 6.45) is -9.29. The summed E-state index contributed by atoms with van der Waals surface area (Å²) in [5.41, 5.74) is 0. The molecule has 0 aliphatic carbocycles. The Bertz CT molecular complexity index is 241. The quantitative estimate of drug-likeness (QED) is 0.162. The van der Waals surface area contributed by atoms with E-state index >= 15 is 0 Å². The van der Waals surface area contributed by atoms with Gasteiger partial charge in [0, 0.05) is 6.54 Å². The van der Waals surface area contributed by atoms with E-state index in [1.54, 1.807) is 0 Å². The summed E-state index contributed by atoms with van der Waals surface area (Å²) in [5, 5.41) is 63.9. The number of hydrogen-bond donors (Lipinski definition) is 7. The van der Waals surface area contributed by atoms with Gasteiger partial charge in [0.1, 0.15) is 24.4 Å². The molecule has 0 fully saturated rings. The average molecular weight is 269 g/mol. The van der Waals surface area contributed by atoms with Crippen molar-refractivity contribution in [3.05, 3.63) is 0 Å². The topological polar surface area (TPSA) is 162 Å². The molecule has 1 amide bonds. The summed E-state index contributed by atoms with van der Waals surface area (Å²) < 4.78 is 0. The number of rotatable bonds is 9. The van der Waals surface area contributed by atoms with Gasteiger partial charge >= 0.3 is 0 Å². The first-order valence-electron chi connectivity index (χ1n) is 5.23. The van der Waals surface area contributed by atoms with Gasteiger partial charge in [0.15, 0.2) is 6.23 Å². The van der Waals surface area contributed by atoms with Crippen LogP contribution in [-0.4, -0.2) is 97.5 Å². The lowest BCUT2D eigenvalue weighted by atomic mass is 10.0. The number of amides is 1. The molecule has 0 bridgehead atoms. The molecule has 0 rings (SSSR count). The predicted octanol–water partition coefficient (Wildman–Crippen LogP) is -4.81. The van der Waals surface area contributed by atoms with Crippen molar-refractivity contribution in [1.29, 1.82) is 0 Å². The van der Waals surface area contributed by atoms with Crippen LogP contribution in [0.2, 0.25) is 0 Å². The number of aliphatic hydroxyl groups is 7. The highest BCUT2D eigenvalue weighted by Crippen LogP contribution is 2.10. The van der Waals surface area contributed by atoms with Crippen molar-refractivity contribution in [2.75, 3.05) is 19.8 Å². The summed E-state index contributed by atoms with van der Waals surface area (Å²) >= 11 is 0. The predicted molar refractivity (Wildman–Crippen MR) is 57.0 cm³/mol. The molecule has 0 saturated carbocycles. The zero-order valence-electron chi connectivity index (χ0n) is 9.57. The first-order chi connectivity index (χ1) is 8.40. The maximum Gasteiger partial charge on any atom is 0.211 e. The minimum atomic E-state index is -1.98. The van der Waals surface area contributed by atoms with Crippen LogP contribution in [0.15, 0.2) is 0 Å². The second-order valence-corrected chi connectivity index (χ2v) is 3.70. The first-order valence-corrected chi connectivity index (χ1v) is 5.23. The monoisotopic (exact) mass is 269 g/mol. The van der Waals surface area contributed by atoms with Gasteiger partial charge in [-0.1, -0.05) is 0 Å². The van der Waals surface area contributed by atoms with E-state index in [-0.39, 0.29) is 13.0 Å². The Morgan fingerprint density at radius 2 is 1.50 bits per heavy atom. The van der Waals surface area contributed by atoms with Gasteiger partial charge in [0.2, 0.25) is 6.41 Å². The van der Waals surface area contributed by atoms with Crippen LogP contribution in [0.4, 0.5) is 0 Å². The molecule has 0 radical (unpaired) electrons. The molecule has 0 saturated heterocycles. The van der Waals surface area contributed by atoms with Gasteiger partial charge in [-0.3, -0.25) is 4.79 Å². The Kier molecular flexibility index (Phi) is 7.95. The normalized spacial score (nSPS) is 19.7. The Hall–Kier alpha value is -0.810. The van der Waals surface area contributed by atoms with Crippen molar-refractivity contribution < 1.29 is 40.5 Å². The van der Waals surface area contributed by atoms with E-state index in [0.717, 1.165) is 0 Å². The zero-order valence-corrected chi connectivity index (χ0v) is 9.57. The van der Waals surface area contributed by atoms with E-state index in [1.807, 2.05) is 0 Å². The highest BCUT2D eigenvalue weighted by molar-refractivity contribution is 5.47. The Balaban J connectivity index is 4.60. The molecular formula is C9H19NO8. The molecule has 0 aromatic carbocycles. The van der Waals surface area contributed by atoms with Gasteiger partial charge in [0.05, 0.1) is 13.2 Å². The molecule has 0 aromatic rings. The first kappa shape index (κ1) is 17.2. The summed E-state index contributed by atoms with van der Waals surface area (Å²) in [4.78, 5) is 11.1. The lowest BCUT2D eigenvalue weighted by molar-refractivity contribution is -0.173. The fourth-order valence-electron chi connectivity index (χ4n) is 1.27. The second kappa shape index (κ2) is 8.32. The van der Waals surface area contributed by atoms with Crippen LogP contribution in [0.25, 0.3) is 0 Å². The molecule has 0 aliphatic rings. The number of hydrogen-bond acceptors (Lipinski definition) is 8. The highest BCUT2D eigenvalue weighted by atomic mass is 16.4. The van der Waals surface area contributed by atoms with Crippen molar-refractivity contribution in [3.63, 3.8) is 0 Å². The van der Waals surface area contributed by atoms with Crippen molar-refractivity contribution in [2.45, 2.75) is 30.6 Å². The van der Waals surface area contributed by atoms with Crippen LogP contribution in [0.3, 0.4) is 0 Å². The standard InChI is InChI=1S/C9H19NO8/c11-2-1-10(4-13)9(18)8(17)7(16)6(15)5(14)3-12/h4-9,11-12,14-18H,1-3H2/t5-,6-,7+,8-,9?/m1/s1. The molecule has 5 atom stereocenters. The molecule has 9 nitrogen and oxygen atoms in total. The van der Waals surface area contributed by atoms with Crippen molar-refractivity contribution >= 4 is 6.41 Å². The van der Waals surface area contributed by atoms with E-state index < -0.39 is 43.9 Å². The molecule has 7 N–H and O–H groups in total. The molecule has 0 spiro atoms. The van der Waals surface area contributed by atoms with Crippen LogP contribution in [0.5, 0.6) is 0 Å². The summed E-state index contributed by atoms with van der Waals surface area (Å²) in [5.74, 6) is 0. The number of aliphatic hydroxyl groups excluding tert-OH is 7. The van der Waals surface area contributed by atoms with Crippen LogP contribution in [0.1, 0.15) is 0 Å². The third kappa shape index (κ3) is 4.46. The Labute approximate surface area is 103 Å². The second-order valence-electron chi connectivity index (χ2n) is 3.70. The molecular weight excluding hydrogens is 250 g/mol. The van der Waals surface area contributed by atoms with Gasteiger partial charge in [-0.05, 0) is 0 Å². The Morgan fingerprint density at radius 3 is 1.89 bits per heavy atom. The van der Waals surface area contributed by atoms with E-state index in [0.29, 0.717) is 4.90 Å². The minimum Gasteiger partial charge on any atom is -0.395 e. The number of carbonyl (C=O) groups excluding carboxylic acids is 1. The third-order valence-electron chi connectivity index (χ3n) is 2.42. The lowest BCUT2D eigenvalue weighted by Crippen LogP contribution is -2.55. The van der Waals surface area contributed by atoms with Crippen LogP contribution >= 0.6 is 0 Å². The zero-order chi connectivity index (χ0) is 14.3. The summed E-state index contributed by atoms with van der Waals surface area (Å²) in [6, 6.07) is 0.